The third-order valence-corrected chi connectivity index (χ3v) is 2.96. The monoisotopic (exact) mass is 271 g/mol. The molecule has 0 unspecified atom stereocenters. The van der Waals surface area contributed by atoms with Crippen LogP contribution in [0.5, 0.6) is 11.5 Å². The van der Waals surface area contributed by atoms with E-state index in [2.05, 4.69) is 0 Å². The largest absolute Gasteiger partial charge is 0.457 e. The van der Waals surface area contributed by atoms with Crippen molar-refractivity contribution >= 4 is 0 Å². The molecule has 0 spiro atoms. The number of nitriles is 1. The van der Waals surface area contributed by atoms with E-state index < -0.39 is 6.10 Å². The Morgan fingerprint density at radius 1 is 1.25 bits per heavy atom. The van der Waals surface area contributed by atoms with Crippen molar-refractivity contribution in [3.8, 4) is 17.6 Å². The summed E-state index contributed by atoms with van der Waals surface area (Å²) in [5.74, 6) is 0.310. The van der Waals surface area contributed by atoms with E-state index in [9.17, 15) is 9.50 Å². The lowest BCUT2D eigenvalue weighted by atomic mass is 10.1. The van der Waals surface area contributed by atoms with E-state index in [0.29, 0.717) is 28.2 Å². The van der Waals surface area contributed by atoms with Crippen molar-refractivity contribution in [1.82, 2.24) is 0 Å². The Kier molecular flexibility index (Phi) is 4.02. The van der Waals surface area contributed by atoms with Gasteiger partial charge in [0.2, 0.25) is 0 Å². The minimum atomic E-state index is -0.743. The molecule has 2 aromatic carbocycles. The van der Waals surface area contributed by atoms with Gasteiger partial charge in [-0.3, -0.25) is 0 Å². The lowest BCUT2D eigenvalue weighted by Crippen LogP contribution is -1.97. The van der Waals surface area contributed by atoms with Crippen LogP contribution in [-0.2, 0) is 0 Å². The smallest absolute Gasteiger partial charge is 0.134 e. The number of halogens is 1. The summed E-state index contributed by atoms with van der Waals surface area (Å²) in [5.41, 5.74) is 1.49. The summed E-state index contributed by atoms with van der Waals surface area (Å²) in [7, 11) is 0. The van der Waals surface area contributed by atoms with E-state index in [-0.39, 0.29) is 5.82 Å². The SMILES string of the molecule is Cc1ccc(Oc2cc(C#N)ccc2[C@@H](C)O)cc1F. The summed E-state index contributed by atoms with van der Waals surface area (Å²) in [6.07, 6.45) is -0.743. The highest BCUT2D eigenvalue weighted by Crippen LogP contribution is 2.31. The van der Waals surface area contributed by atoms with Crippen molar-refractivity contribution in [3.63, 3.8) is 0 Å². The second-order valence-corrected chi connectivity index (χ2v) is 4.55. The third-order valence-electron chi connectivity index (χ3n) is 2.96. The van der Waals surface area contributed by atoms with Gasteiger partial charge in [-0.15, -0.1) is 0 Å². The number of aliphatic hydroxyl groups excluding tert-OH is 1. The van der Waals surface area contributed by atoms with Gasteiger partial charge in [-0.1, -0.05) is 12.1 Å². The molecule has 2 rings (SSSR count). The Morgan fingerprint density at radius 3 is 2.60 bits per heavy atom. The normalized spacial score (nSPS) is 11.8. The summed E-state index contributed by atoms with van der Waals surface area (Å²) in [5, 5.41) is 18.6. The first-order valence-electron chi connectivity index (χ1n) is 6.17. The molecule has 0 aromatic heterocycles. The maximum atomic E-state index is 13.5. The highest BCUT2D eigenvalue weighted by molar-refractivity contribution is 5.45. The van der Waals surface area contributed by atoms with Gasteiger partial charge in [0.05, 0.1) is 17.7 Å². The van der Waals surface area contributed by atoms with Gasteiger partial charge in [-0.2, -0.15) is 5.26 Å². The molecule has 102 valence electrons. The average molecular weight is 271 g/mol. The summed E-state index contributed by atoms with van der Waals surface area (Å²) < 4.78 is 19.1. The van der Waals surface area contributed by atoms with Crippen molar-refractivity contribution in [1.29, 1.82) is 5.26 Å². The molecular weight excluding hydrogens is 257 g/mol. The Morgan fingerprint density at radius 2 is 2.00 bits per heavy atom. The number of ether oxygens (including phenoxy) is 1. The van der Waals surface area contributed by atoms with Crippen LogP contribution in [0.15, 0.2) is 36.4 Å². The van der Waals surface area contributed by atoms with Crippen molar-refractivity contribution in [2.45, 2.75) is 20.0 Å². The van der Waals surface area contributed by atoms with Crippen LogP contribution in [0.4, 0.5) is 4.39 Å². The zero-order valence-electron chi connectivity index (χ0n) is 11.2. The fraction of sp³-hybridized carbons (Fsp3) is 0.188. The molecule has 0 aliphatic carbocycles. The number of rotatable bonds is 3. The molecule has 0 radical (unpaired) electrons. The molecule has 0 heterocycles. The van der Waals surface area contributed by atoms with Crippen LogP contribution in [0.2, 0.25) is 0 Å². The molecule has 20 heavy (non-hydrogen) atoms. The Bertz CT molecular complexity index is 675. The van der Waals surface area contributed by atoms with E-state index in [1.165, 1.54) is 12.1 Å². The number of benzene rings is 2. The van der Waals surface area contributed by atoms with Crippen LogP contribution in [-0.4, -0.2) is 5.11 Å². The highest BCUT2D eigenvalue weighted by atomic mass is 19.1. The van der Waals surface area contributed by atoms with Gasteiger partial charge in [0, 0.05) is 11.6 Å². The van der Waals surface area contributed by atoms with Gasteiger partial charge < -0.3 is 9.84 Å². The summed E-state index contributed by atoms with van der Waals surface area (Å²) in [6.45, 7) is 3.26. The molecule has 0 saturated heterocycles. The van der Waals surface area contributed by atoms with Gasteiger partial charge in [0.1, 0.15) is 17.3 Å². The maximum absolute atomic E-state index is 13.5. The zero-order valence-corrected chi connectivity index (χ0v) is 11.2. The second-order valence-electron chi connectivity index (χ2n) is 4.55. The number of nitrogens with zero attached hydrogens (tertiary/aromatic N) is 1. The fourth-order valence-corrected chi connectivity index (χ4v) is 1.80. The Labute approximate surface area is 116 Å². The lowest BCUT2D eigenvalue weighted by Gasteiger charge is -2.13. The number of hydrogen-bond acceptors (Lipinski definition) is 3. The van der Waals surface area contributed by atoms with Crippen molar-refractivity contribution < 1.29 is 14.2 Å². The summed E-state index contributed by atoms with van der Waals surface area (Å²) in [6, 6.07) is 11.3. The molecular formula is C16H14FNO2. The van der Waals surface area contributed by atoms with Gasteiger partial charge in [0.15, 0.2) is 0 Å². The zero-order chi connectivity index (χ0) is 14.7. The minimum Gasteiger partial charge on any atom is -0.457 e. The van der Waals surface area contributed by atoms with Crippen LogP contribution in [0, 0.1) is 24.1 Å². The molecule has 3 nitrogen and oxygen atoms in total. The molecule has 0 saturated carbocycles. The van der Waals surface area contributed by atoms with E-state index >= 15 is 0 Å². The number of aliphatic hydroxyl groups is 1. The molecule has 1 N–H and O–H groups in total. The Hall–Kier alpha value is -2.38. The van der Waals surface area contributed by atoms with Crippen LogP contribution < -0.4 is 4.74 Å². The van der Waals surface area contributed by atoms with Crippen LogP contribution in [0.3, 0.4) is 0 Å². The number of aryl methyl sites for hydroxylation is 1. The number of hydrogen-bond donors (Lipinski definition) is 1. The second kappa shape index (κ2) is 5.72. The van der Waals surface area contributed by atoms with Gasteiger partial charge >= 0.3 is 0 Å². The lowest BCUT2D eigenvalue weighted by molar-refractivity contribution is 0.195. The van der Waals surface area contributed by atoms with E-state index in [4.69, 9.17) is 10.00 Å². The van der Waals surface area contributed by atoms with E-state index in [0.717, 1.165) is 0 Å². The predicted octanol–water partition coefficient (Wildman–Crippen LogP) is 3.85. The van der Waals surface area contributed by atoms with Crippen LogP contribution in [0.1, 0.15) is 29.7 Å². The first-order valence-corrected chi connectivity index (χ1v) is 6.17. The first-order chi connectivity index (χ1) is 9.51. The van der Waals surface area contributed by atoms with Crippen LogP contribution in [0.25, 0.3) is 0 Å². The van der Waals surface area contributed by atoms with Crippen molar-refractivity contribution in [3.05, 3.63) is 58.9 Å². The Balaban J connectivity index is 2.40. The quantitative estimate of drug-likeness (QED) is 0.922. The molecule has 0 aliphatic rings. The average Bonchev–Trinajstić information content (AvgIpc) is 2.42. The maximum Gasteiger partial charge on any atom is 0.134 e. The van der Waals surface area contributed by atoms with Crippen molar-refractivity contribution in [2.75, 3.05) is 0 Å². The first kappa shape index (κ1) is 14.0. The topological polar surface area (TPSA) is 53.2 Å². The fourth-order valence-electron chi connectivity index (χ4n) is 1.80. The third kappa shape index (κ3) is 2.95. The van der Waals surface area contributed by atoms with Gasteiger partial charge in [-0.25, -0.2) is 4.39 Å². The molecule has 0 bridgehead atoms. The van der Waals surface area contributed by atoms with E-state index in [1.54, 1.807) is 38.1 Å². The molecule has 0 amide bonds. The summed E-state index contributed by atoms with van der Waals surface area (Å²) >= 11 is 0. The molecule has 0 aliphatic heterocycles. The molecule has 4 heteroatoms. The standard InChI is InChI=1S/C16H14FNO2/c1-10-3-5-13(8-15(10)17)20-16-7-12(9-18)4-6-14(16)11(2)19/h3-8,11,19H,1-2H3/t11-/m1/s1. The summed E-state index contributed by atoms with van der Waals surface area (Å²) in [4.78, 5) is 0. The minimum absolute atomic E-state index is 0.324. The highest BCUT2D eigenvalue weighted by Gasteiger charge is 2.12. The van der Waals surface area contributed by atoms with Crippen LogP contribution >= 0.6 is 0 Å². The molecule has 2 aromatic rings. The van der Waals surface area contributed by atoms with E-state index in [1.807, 2.05) is 6.07 Å². The molecule has 0 fully saturated rings. The van der Waals surface area contributed by atoms with Crippen molar-refractivity contribution in [2.24, 2.45) is 0 Å². The van der Waals surface area contributed by atoms with Gasteiger partial charge in [-0.05, 0) is 37.6 Å². The molecule has 1 atom stereocenters. The van der Waals surface area contributed by atoms with Gasteiger partial charge in [0.25, 0.3) is 0 Å². The predicted molar refractivity (Wildman–Crippen MR) is 73.0 cm³/mol.